The number of nitrogens with two attached hydrogens (primary N) is 1. The van der Waals surface area contributed by atoms with Crippen molar-refractivity contribution in [2.45, 2.75) is 25.8 Å². The molecular weight excluding hydrogens is 192 g/mol. The van der Waals surface area contributed by atoms with E-state index in [-0.39, 0.29) is 6.04 Å². The maximum atomic E-state index is 5.62. The van der Waals surface area contributed by atoms with Crippen LogP contribution in [-0.2, 0) is 11.2 Å². The van der Waals surface area contributed by atoms with Gasteiger partial charge < -0.3 is 9.15 Å². The zero-order valence-electron chi connectivity index (χ0n) is 9.03. The Labute approximate surface area is 89.7 Å². The molecule has 1 aliphatic heterocycles. The number of rotatable bonds is 4. The molecule has 0 aromatic carbocycles. The highest BCUT2D eigenvalue weighted by atomic mass is 16.5. The Balaban J connectivity index is 2.17. The summed E-state index contributed by atoms with van der Waals surface area (Å²) in [6.07, 6.45) is 3.69. The van der Waals surface area contributed by atoms with Crippen molar-refractivity contribution in [3.8, 4) is 0 Å². The third kappa shape index (κ3) is 2.07. The van der Waals surface area contributed by atoms with Crippen LogP contribution in [0.2, 0.25) is 0 Å². The van der Waals surface area contributed by atoms with Crippen molar-refractivity contribution in [2.75, 3.05) is 13.2 Å². The molecule has 4 heteroatoms. The summed E-state index contributed by atoms with van der Waals surface area (Å²) in [4.78, 5) is 0. The first kappa shape index (κ1) is 10.7. The van der Waals surface area contributed by atoms with Crippen molar-refractivity contribution >= 4 is 0 Å². The second-order valence-electron chi connectivity index (χ2n) is 3.92. The fourth-order valence-electron chi connectivity index (χ4n) is 2.21. The van der Waals surface area contributed by atoms with Crippen LogP contribution in [0.25, 0.3) is 0 Å². The van der Waals surface area contributed by atoms with Gasteiger partial charge in [0, 0.05) is 24.5 Å². The molecule has 4 nitrogen and oxygen atoms in total. The van der Waals surface area contributed by atoms with Crippen molar-refractivity contribution in [1.29, 1.82) is 0 Å². The van der Waals surface area contributed by atoms with Crippen molar-refractivity contribution < 1.29 is 9.15 Å². The van der Waals surface area contributed by atoms with Crippen LogP contribution in [0, 0.1) is 5.92 Å². The lowest BCUT2D eigenvalue weighted by Crippen LogP contribution is -2.34. The van der Waals surface area contributed by atoms with Crippen molar-refractivity contribution in [1.82, 2.24) is 5.43 Å². The molecule has 3 N–H and O–H groups in total. The summed E-state index contributed by atoms with van der Waals surface area (Å²) in [5.74, 6) is 7.09. The van der Waals surface area contributed by atoms with E-state index in [2.05, 4.69) is 12.3 Å². The minimum absolute atomic E-state index is 0.154. The number of ether oxygens (including phenoxy) is 1. The lowest BCUT2D eigenvalue weighted by Gasteiger charge is -2.21. The standard InChI is InChI=1S/C11H18N2O2/c1-2-10-9(4-6-15-10)11(13-12)8-3-5-14-7-8/h4,6,8,11,13H,2-3,5,7,12H2,1H3. The number of hydrogen-bond donors (Lipinski definition) is 2. The van der Waals surface area contributed by atoms with Crippen LogP contribution >= 0.6 is 0 Å². The Bertz CT molecular complexity index is 305. The topological polar surface area (TPSA) is 60.4 Å². The van der Waals surface area contributed by atoms with Gasteiger partial charge in [0.05, 0.1) is 18.9 Å². The normalized spacial score (nSPS) is 23.2. The lowest BCUT2D eigenvalue weighted by atomic mass is 9.92. The van der Waals surface area contributed by atoms with Crippen LogP contribution in [0.4, 0.5) is 0 Å². The average molecular weight is 210 g/mol. The van der Waals surface area contributed by atoms with E-state index in [1.54, 1.807) is 6.26 Å². The molecule has 2 unspecified atom stereocenters. The quantitative estimate of drug-likeness (QED) is 0.582. The summed E-state index contributed by atoms with van der Waals surface area (Å²) in [5.41, 5.74) is 4.06. The summed E-state index contributed by atoms with van der Waals surface area (Å²) < 4.78 is 10.8. The number of hydrazine groups is 1. The fourth-order valence-corrected chi connectivity index (χ4v) is 2.21. The molecule has 1 fully saturated rings. The Morgan fingerprint density at radius 1 is 1.67 bits per heavy atom. The van der Waals surface area contributed by atoms with E-state index in [0.717, 1.165) is 31.8 Å². The van der Waals surface area contributed by atoms with Crippen molar-refractivity contribution in [2.24, 2.45) is 11.8 Å². The fraction of sp³-hybridized carbons (Fsp3) is 0.636. The van der Waals surface area contributed by atoms with Gasteiger partial charge in [-0.3, -0.25) is 11.3 Å². The van der Waals surface area contributed by atoms with Crippen molar-refractivity contribution in [3.63, 3.8) is 0 Å². The molecule has 0 radical (unpaired) electrons. The Kier molecular flexibility index (Phi) is 3.41. The SMILES string of the molecule is CCc1occc1C(NN)C1CCOC1. The van der Waals surface area contributed by atoms with E-state index in [1.807, 2.05) is 6.07 Å². The summed E-state index contributed by atoms with van der Waals surface area (Å²) >= 11 is 0. The molecule has 0 aliphatic carbocycles. The lowest BCUT2D eigenvalue weighted by molar-refractivity contribution is 0.176. The molecule has 0 saturated carbocycles. The predicted octanol–water partition coefficient (Wildman–Crippen LogP) is 1.38. The Morgan fingerprint density at radius 3 is 3.13 bits per heavy atom. The first-order valence-corrected chi connectivity index (χ1v) is 5.47. The van der Waals surface area contributed by atoms with Crippen LogP contribution < -0.4 is 11.3 Å². The average Bonchev–Trinajstić information content (AvgIpc) is 2.89. The van der Waals surface area contributed by atoms with E-state index >= 15 is 0 Å². The molecule has 1 aromatic heterocycles. The largest absolute Gasteiger partial charge is 0.469 e. The summed E-state index contributed by atoms with van der Waals surface area (Å²) in [6, 6.07) is 2.16. The summed E-state index contributed by atoms with van der Waals surface area (Å²) in [6.45, 7) is 3.70. The third-order valence-electron chi connectivity index (χ3n) is 3.05. The highest BCUT2D eigenvalue weighted by molar-refractivity contribution is 5.22. The molecular formula is C11H18N2O2. The van der Waals surface area contributed by atoms with Crippen LogP contribution in [0.15, 0.2) is 16.7 Å². The van der Waals surface area contributed by atoms with Crippen LogP contribution in [0.5, 0.6) is 0 Å². The van der Waals surface area contributed by atoms with Crippen LogP contribution in [-0.4, -0.2) is 13.2 Å². The Morgan fingerprint density at radius 2 is 2.53 bits per heavy atom. The molecule has 2 atom stereocenters. The first-order valence-electron chi connectivity index (χ1n) is 5.47. The Hall–Kier alpha value is -0.840. The maximum absolute atomic E-state index is 5.62. The number of furan rings is 1. The van der Waals surface area contributed by atoms with Gasteiger partial charge in [0.25, 0.3) is 0 Å². The van der Waals surface area contributed by atoms with E-state index in [4.69, 9.17) is 15.0 Å². The van der Waals surface area contributed by atoms with E-state index in [0.29, 0.717) is 5.92 Å². The molecule has 0 bridgehead atoms. The third-order valence-corrected chi connectivity index (χ3v) is 3.05. The predicted molar refractivity (Wildman–Crippen MR) is 57.1 cm³/mol. The highest BCUT2D eigenvalue weighted by Crippen LogP contribution is 2.30. The van der Waals surface area contributed by atoms with E-state index in [1.165, 1.54) is 5.56 Å². The van der Waals surface area contributed by atoms with Gasteiger partial charge in [-0.15, -0.1) is 0 Å². The van der Waals surface area contributed by atoms with E-state index < -0.39 is 0 Å². The van der Waals surface area contributed by atoms with Gasteiger partial charge in [0.15, 0.2) is 0 Å². The zero-order chi connectivity index (χ0) is 10.7. The maximum Gasteiger partial charge on any atom is 0.108 e. The monoisotopic (exact) mass is 210 g/mol. The van der Waals surface area contributed by atoms with Crippen LogP contribution in [0.3, 0.4) is 0 Å². The molecule has 1 aromatic rings. The van der Waals surface area contributed by atoms with E-state index in [9.17, 15) is 0 Å². The molecule has 15 heavy (non-hydrogen) atoms. The smallest absolute Gasteiger partial charge is 0.108 e. The molecule has 2 rings (SSSR count). The van der Waals surface area contributed by atoms with Gasteiger partial charge in [0.1, 0.15) is 5.76 Å². The number of nitrogens with one attached hydrogen (secondary N) is 1. The number of aryl methyl sites for hydroxylation is 1. The second-order valence-corrected chi connectivity index (χ2v) is 3.92. The minimum Gasteiger partial charge on any atom is -0.469 e. The molecule has 1 saturated heterocycles. The van der Waals surface area contributed by atoms with Gasteiger partial charge in [-0.1, -0.05) is 6.92 Å². The second kappa shape index (κ2) is 4.79. The highest BCUT2D eigenvalue weighted by Gasteiger charge is 2.28. The molecule has 0 spiro atoms. The van der Waals surface area contributed by atoms with Crippen molar-refractivity contribution in [3.05, 3.63) is 23.7 Å². The van der Waals surface area contributed by atoms with Gasteiger partial charge in [-0.25, -0.2) is 0 Å². The summed E-state index contributed by atoms with van der Waals surface area (Å²) in [7, 11) is 0. The molecule has 2 heterocycles. The molecule has 0 amide bonds. The van der Waals surface area contributed by atoms with Gasteiger partial charge in [-0.05, 0) is 12.5 Å². The van der Waals surface area contributed by atoms with Gasteiger partial charge in [0.2, 0.25) is 0 Å². The van der Waals surface area contributed by atoms with Gasteiger partial charge >= 0.3 is 0 Å². The first-order chi connectivity index (χ1) is 7.36. The number of hydrogen-bond acceptors (Lipinski definition) is 4. The summed E-state index contributed by atoms with van der Waals surface area (Å²) in [5, 5.41) is 0. The molecule has 1 aliphatic rings. The minimum atomic E-state index is 0.154. The van der Waals surface area contributed by atoms with Crippen LogP contribution in [0.1, 0.15) is 30.7 Å². The molecule has 84 valence electrons. The zero-order valence-corrected chi connectivity index (χ0v) is 9.03. The van der Waals surface area contributed by atoms with Gasteiger partial charge in [-0.2, -0.15) is 0 Å².